The summed E-state index contributed by atoms with van der Waals surface area (Å²) in [6.07, 6.45) is 1.91. The normalized spacial score (nSPS) is 22.5. The van der Waals surface area contributed by atoms with Gasteiger partial charge < -0.3 is 9.64 Å². The Morgan fingerprint density at radius 3 is 2.96 bits per heavy atom. The van der Waals surface area contributed by atoms with E-state index >= 15 is 0 Å². The number of aryl methyl sites for hydroxylation is 1. The number of alkyl halides is 2. The van der Waals surface area contributed by atoms with Gasteiger partial charge in [-0.15, -0.1) is 0 Å². The van der Waals surface area contributed by atoms with Crippen molar-refractivity contribution in [1.29, 1.82) is 0 Å². The van der Waals surface area contributed by atoms with E-state index in [0.29, 0.717) is 21.8 Å². The molecule has 3 aromatic rings. The summed E-state index contributed by atoms with van der Waals surface area (Å²) in [5, 5.41) is 5.06. The quantitative estimate of drug-likeness (QED) is 0.626. The first-order chi connectivity index (χ1) is 14.6. The number of ether oxygens (including phenoxy) is 1. The van der Waals surface area contributed by atoms with E-state index in [2.05, 4.69) is 5.10 Å². The third-order valence-electron chi connectivity index (χ3n) is 5.48. The zero-order chi connectivity index (χ0) is 22.2. The van der Waals surface area contributed by atoms with Crippen molar-refractivity contribution < 1.29 is 22.4 Å². The minimum absolute atomic E-state index is 0.0324. The number of fused-ring (bicyclic) bond motifs is 9. The van der Waals surface area contributed by atoms with Crippen molar-refractivity contribution in [1.82, 2.24) is 14.5 Å². The molecule has 5 nitrogen and oxygen atoms in total. The SMILES string of the molecule is [2H]C([2H])([2H])N1C(=O)c2cccc(OC(F)F)c2[C@H]2C[C@@H]1c1nn3cc(C)c(Cl)cc3c12. The molecule has 28 heavy (non-hydrogen) atoms. The molecular weight excluding hydrogens is 388 g/mol. The number of pyridine rings is 1. The summed E-state index contributed by atoms with van der Waals surface area (Å²) in [6, 6.07) is 5.09. The molecule has 2 bridgehead atoms. The lowest BCUT2D eigenvalue weighted by Crippen LogP contribution is -2.30. The molecule has 2 aromatic heterocycles. The molecule has 1 aromatic carbocycles. The van der Waals surface area contributed by atoms with Gasteiger partial charge in [0.15, 0.2) is 0 Å². The first-order valence-corrected chi connectivity index (χ1v) is 9.05. The fourth-order valence-electron chi connectivity index (χ4n) is 4.31. The molecule has 8 heteroatoms. The third kappa shape index (κ3) is 2.29. The number of hydrogen-bond donors (Lipinski definition) is 0. The van der Waals surface area contributed by atoms with E-state index in [4.69, 9.17) is 20.5 Å². The van der Waals surface area contributed by atoms with Gasteiger partial charge in [-0.3, -0.25) is 4.79 Å². The van der Waals surface area contributed by atoms with Crippen molar-refractivity contribution in [2.75, 3.05) is 6.98 Å². The monoisotopic (exact) mass is 406 g/mol. The van der Waals surface area contributed by atoms with E-state index in [9.17, 15) is 13.6 Å². The highest BCUT2D eigenvalue weighted by Gasteiger charge is 2.46. The average Bonchev–Trinajstić information content (AvgIpc) is 3.14. The van der Waals surface area contributed by atoms with Crippen molar-refractivity contribution in [2.45, 2.75) is 31.9 Å². The Balaban J connectivity index is 1.85. The summed E-state index contributed by atoms with van der Waals surface area (Å²) in [4.78, 5) is 14.1. The first kappa shape index (κ1) is 14.3. The molecule has 0 radical (unpaired) electrons. The Morgan fingerprint density at radius 1 is 1.39 bits per heavy atom. The van der Waals surface area contributed by atoms with Gasteiger partial charge in [0.2, 0.25) is 0 Å². The number of halogens is 3. The van der Waals surface area contributed by atoms with Crippen molar-refractivity contribution in [3.05, 3.63) is 63.4 Å². The Labute approximate surface area is 168 Å². The maximum Gasteiger partial charge on any atom is 0.387 e. The van der Waals surface area contributed by atoms with Crippen LogP contribution in [0.25, 0.3) is 5.52 Å². The topological polar surface area (TPSA) is 46.8 Å². The smallest absolute Gasteiger partial charge is 0.387 e. The molecular formula is C20H16ClF2N3O2. The van der Waals surface area contributed by atoms with Gasteiger partial charge >= 0.3 is 6.61 Å². The van der Waals surface area contributed by atoms with Gasteiger partial charge in [0.25, 0.3) is 5.91 Å². The van der Waals surface area contributed by atoms with E-state index in [1.165, 1.54) is 18.2 Å². The lowest BCUT2D eigenvalue weighted by atomic mass is 9.89. The predicted octanol–water partition coefficient (Wildman–Crippen LogP) is 4.56. The van der Waals surface area contributed by atoms with Gasteiger partial charge in [-0.05, 0) is 37.1 Å². The highest BCUT2D eigenvalue weighted by molar-refractivity contribution is 6.31. The highest BCUT2D eigenvalue weighted by Crippen LogP contribution is 2.53. The number of benzene rings is 1. The minimum atomic E-state index is -3.10. The Kier molecular flexibility index (Phi) is 3.03. The first-order valence-electron chi connectivity index (χ1n) is 10.2. The lowest BCUT2D eigenvalue weighted by Gasteiger charge is -2.23. The third-order valence-corrected chi connectivity index (χ3v) is 5.89. The Hall–Kier alpha value is -2.67. The van der Waals surface area contributed by atoms with Gasteiger partial charge in [0.1, 0.15) is 5.75 Å². The molecule has 1 aliphatic heterocycles. The Morgan fingerprint density at radius 2 is 2.21 bits per heavy atom. The zero-order valence-corrected chi connectivity index (χ0v) is 15.4. The van der Waals surface area contributed by atoms with E-state index in [0.717, 1.165) is 10.5 Å². The van der Waals surface area contributed by atoms with Crippen LogP contribution in [0.15, 0.2) is 30.5 Å². The summed E-state index contributed by atoms with van der Waals surface area (Å²) in [6.45, 7) is -4.04. The average molecular weight is 407 g/mol. The number of rotatable bonds is 2. The molecule has 144 valence electrons. The van der Waals surface area contributed by atoms with Crippen LogP contribution >= 0.6 is 11.6 Å². The minimum Gasteiger partial charge on any atom is -0.434 e. The van der Waals surface area contributed by atoms with Gasteiger partial charge in [0.05, 0.1) is 17.3 Å². The molecule has 5 rings (SSSR count). The summed E-state index contributed by atoms with van der Waals surface area (Å²) >= 11 is 6.33. The highest BCUT2D eigenvalue weighted by atomic mass is 35.5. The van der Waals surface area contributed by atoms with Crippen LogP contribution in [0.5, 0.6) is 5.75 Å². The molecule has 0 unspecified atom stereocenters. The second kappa shape index (κ2) is 5.91. The molecule has 2 atom stereocenters. The van der Waals surface area contributed by atoms with Crippen LogP contribution in [-0.2, 0) is 0 Å². The van der Waals surface area contributed by atoms with Gasteiger partial charge in [-0.2, -0.15) is 13.9 Å². The van der Waals surface area contributed by atoms with Crippen LogP contribution in [0, 0.1) is 6.92 Å². The molecule has 0 N–H and O–H groups in total. The second-order valence-corrected chi connectivity index (χ2v) is 7.42. The summed E-state index contributed by atoms with van der Waals surface area (Å²) < 4.78 is 56.6. The van der Waals surface area contributed by atoms with Crippen molar-refractivity contribution in [3.63, 3.8) is 0 Å². The van der Waals surface area contributed by atoms with E-state index in [-0.39, 0.29) is 23.3 Å². The molecule has 0 saturated heterocycles. The molecule has 3 heterocycles. The number of nitrogens with zero attached hydrogens (tertiary/aromatic N) is 3. The second-order valence-electron chi connectivity index (χ2n) is 7.01. The van der Waals surface area contributed by atoms with Crippen LogP contribution in [0.4, 0.5) is 8.78 Å². The predicted molar refractivity (Wildman–Crippen MR) is 99.3 cm³/mol. The van der Waals surface area contributed by atoms with Crippen LogP contribution in [0.3, 0.4) is 0 Å². The van der Waals surface area contributed by atoms with E-state index in [1.807, 2.05) is 6.92 Å². The fourth-order valence-corrected chi connectivity index (χ4v) is 4.46. The lowest BCUT2D eigenvalue weighted by molar-refractivity contribution is -0.0505. The van der Waals surface area contributed by atoms with E-state index in [1.54, 1.807) is 16.8 Å². The zero-order valence-electron chi connectivity index (χ0n) is 17.6. The van der Waals surface area contributed by atoms with Crippen molar-refractivity contribution >= 4 is 23.0 Å². The standard InChI is InChI=1S/C20H16ClF2N3O2/c1-9-8-26-13(7-12(9)21)17-11-6-14(18(17)24-26)25(2)19(27)10-4-3-5-15(16(10)11)28-20(22)23/h3-5,7-8,11,14,20H,6H2,1-2H3/t11-,14-/m1/s1/i2D3. The number of amides is 1. The van der Waals surface area contributed by atoms with Gasteiger partial charge in [-0.25, -0.2) is 4.52 Å². The maximum absolute atomic E-state index is 13.3. The molecule has 0 saturated carbocycles. The summed E-state index contributed by atoms with van der Waals surface area (Å²) in [5.41, 5.74) is 2.77. The van der Waals surface area contributed by atoms with E-state index < -0.39 is 31.5 Å². The van der Waals surface area contributed by atoms with Crippen LogP contribution < -0.4 is 4.74 Å². The van der Waals surface area contributed by atoms with Crippen LogP contribution in [0.1, 0.15) is 55.2 Å². The molecule has 0 spiro atoms. The van der Waals surface area contributed by atoms with Crippen molar-refractivity contribution in [2.24, 2.45) is 0 Å². The number of hydrogen-bond acceptors (Lipinski definition) is 3. The summed E-state index contributed by atoms with van der Waals surface area (Å²) in [7, 11) is 0. The van der Waals surface area contributed by atoms with Gasteiger partial charge in [0, 0.05) is 44.9 Å². The summed E-state index contributed by atoms with van der Waals surface area (Å²) in [5.74, 6) is -1.47. The largest absolute Gasteiger partial charge is 0.434 e. The van der Waals surface area contributed by atoms with Crippen LogP contribution in [-0.4, -0.2) is 34.0 Å². The molecule has 0 fully saturated rings. The molecule has 1 amide bonds. The molecule has 2 aliphatic rings. The number of carbonyl (C=O) groups excluding carboxylic acids is 1. The van der Waals surface area contributed by atoms with Crippen LogP contribution in [0.2, 0.25) is 5.02 Å². The maximum atomic E-state index is 13.3. The number of carbonyl (C=O) groups is 1. The van der Waals surface area contributed by atoms with Crippen molar-refractivity contribution in [3.8, 4) is 5.75 Å². The fraction of sp³-hybridized carbons (Fsp3) is 0.300. The molecule has 1 aliphatic carbocycles. The Bertz CT molecular complexity index is 1240. The van der Waals surface area contributed by atoms with Gasteiger partial charge in [-0.1, -0.05) is 17.7 Å². The number of aromatic nitrogens is 2.